The normalized spacial score (nSPS) is 24.4. The van der Waals surface area contributed by atoms with Gasteiger partial charge in [-0.3, -0.25) is 4.79 Å². The van der Waals surface area contributed by atoms with E-state index in [0.29, 0.717) is 10.7 Å². The van der Waals surface area contributed by atoms with Crippen molar-refractivity contribution in [3.63, 3.8) is 0 Å². The van der Waals surface area contributed by atoms with Crippen LogP contribution >= 0.6 is 27.5 Å². The number of halogens is 2. The van der Waals surface area contributed by atoms with Crippen molar-refractivity contribution in [2.24, 2.45) is 0 Å². The molecule has 1 atom stereocenters. The molecule has 2 aliphatic rings. The number of carbonyl (C=O) groups excluding carboxylic acids is 1. The van der Waals surface area contributed by atoms with E-state index in [9.17, 15) is 4.79 Å². The molecule has 1 aliphatic heterocycles. The van der Waals surface area contributed by atoms with Crippen LogP contribution in [0.15, 0.2) is 16.6 Å². The molecule has 1 aromatic carbocycles. The average Bonchev–Trinajstić information content (AvgIpc) is 2.67. The zero-order valence-electron chi connectivity index (χ0n) is 11.8. The zero-order valence-corrected chi connectivity index (χ0v) is 14.2. The van der Waals surface area contributed by atoms with Crippen molar-refractivity contribution in [2.45, 2.75) is 50.5 Å². The third kappa shape index (κ3) is 2.42. The van der Waals surface area contributed by atoms with E-state index < -0.39 is 11.5 Å². The molecule has 3 nitrogen and oxygen atoms in total. The van der Waals surface area contributed by atoms with Crippen LogP contribution in [0.2, 0.25) is 5.02 Å². The Morgan fingerprint density at radius 2 is 2.00 bits per heavy atom. The van der Waals surface area contributed by atoms with Gasteiger partial charge in [-0.25, -0.2) is 0 Å². The number of benzene rings is 1. The van der Waals surface area contributed by atoms with E-state index in [4.69, 9.17) is 21.7 Å². The van der Waals surface area contributed by atoms with Crippen LogP contribution in [-0.4, -0.2) is 17.3 Å². The fourth-order valence-corrected chi connectivity index (χ4v) is 4.07. The molecule has 3 rings (SSSR count). The molecule has 0 amide bonds. The lowest BCUT2D eigenvalue weighted by Gasteiger charge is -2.31. The van der Waals surface area contributed by atoms with Gasteiger partial charge in [0.2, 0.25) is 0 Å². The molecule has 1 aliphatic carbocycles. The van der Waals surface area contributed by atoms with E-state index in [-0.39, 0.29) is 5.97 Å². The summed E-state index contributed by atoms with van der Waals surface area (Å²) >= 11 is 9.55. The molecule has 1 saturated heterocycles. The minimum absolute atomic E-state index is 0.302. The van der Waals surface area contributed by atoms with Crippen molar-refractivity contribution < 1.29 is 9.53 Å². The van der Waals surface area contributed by atoms with Gasteiger partial charge in [0.25, 0.3) is 0 Å². The van der Waals surface area contributed by atoms with Crippen molar-refractivity contribution in [1.29, 1.82) is 5.41 Å². The van der Waals surface area contributed by atoms with Crippen molar-refractivity contribution >= 4 is 39.2 Å². The number of hydrogen-bond acceptors (Lipinski definition) is 3. The molecule has 0 bridgehead atoms. The van der Waals surface area contributed by atoms with E-state index in [2.05, 4.69) is 15.9 Å². The third-order valence-electron chi connectivity index (χ3n) is 4.59. The number of ether oxygens (including phenoxy) is 1. The molecular weight excluding hydrogens is 354 g/mol. The lowest BCUT2D eigenvalue weighted by molar-refractivity contribution is -0.149. The lowest BCUT2D eigenvalue weighted by atomic mass is 9.77. The molecule has 1 spiro atoms. The lowest BCUT2D eigenvalue weighted by Crippen LogP contribution is -2.38. The van der Waals surface area contributed by atoms with Gasteiger partial charge in [-0.2, -0.15) is 0 Å². The number of hydrogen-bond donors (Lipinski definition) is 1. The van der Waals surface area contributed by atoms with E-state index in [1.807, 2.05) is 13.0 Å². The molecule has 0 radical (unpaired) electrons. The number of esters is 1. The minimum Gasteiger partial charge on any atom is -0.452 e. The van der Waals surface area contributed by atoms with E-state index in [1.54, 1.807) is 6.07 Å². The van der Waals surface area contributed by atoms with Gasteiger partial charge in [0.1, 0.15) is 5.92 Å². The molecule has 0 aromatic heterocycles. The standard InChI is InChI=1S/C16H17BrClNO2/c1-9-7-11(17)12(18)8-10(9)13-14(19)16(21-15(13)20)5-3-2-4-6-16/h7-8,13,19H,2-6H2,1H3. The number of aryl methyl sites for hydroxylation is 1. The van der Waals surface area contributed by atoms with Gasteiger partial charge in [-0.05, 0) is 71.8 Å². The number of rotatable bonds is 1. The van der Waals surface area contributed by atoms with Gasteiger partial charge >= 0.3 is 5.97 Å². The summed E-state index contributed by atoms with van der Waals surface area (Å²) in [6.45, 7) is 1.93. The minimum atomic E-state index is -0.661. The second kappa shape index (κ2) is 5.40. The van der Waals surface area contributed by atoms with Crippen LogP contribution in [0, 0.1) is 12.3 Å². The predicted octanol–water partition coefficient (Wildman–Crippen LogP) is 4.77. The Morgan fingerprint density at radius 1 is 1.33 bits per heavy atom. The Bertz CT molecular complexity index is 623. The van der Waals surface area contributed by atoms with Crippen LogP contribution in [0.4, 0.5) is 0 Å². The van der Waals surface area contributed by atoms with Gasteiger partial charge in [0, 0.05) is 4.47 Å². The molecule has 2 fully saturated rings. The van der Waals surface area contributed by atoms with Crippen molar-refractivity contribution in [3.05, 3.63) is 32.8 Å². The first-order valence-electron chi connectivity index (χ1n) is 7.22. The fourth-order valence-electron chi connectivity index (χ4n) is 3.44. The highest BCUT2D eigenvalue weighted by Gasteiger charge is 2.53. The number of nitrogens with one attached hydrogen (secondary N) is 1. The maximum Gasteiger partial charge on any atom is 0.320 e. The Balaban J connectivity index is 2.01. The molecule has 1 N–H and O–H groups in total. The van der Waals surface area contributed by atoms with Crippen LogP contribution < -0.4 is 0 Å². The second-order valence-corrected chi connectivity index (χ2v) is 7.21. The number of carbonyl (C=O) groups is 1. The average molecular weight is 371 g/mol. The van der Waals surface area contributed by atoms with Crippen LogP contribution in [0.1, 0.15) is 49.1 Å². The quantitative estimate of drug-likeness (QED) is 0.724. The van der Waals surface area contributed by atoms with Crippen LogP contribution in [0.3, 0.4) is 0 Å². The fraction of sp³-hybridized carbons (Fsp3) is 0.500. The molecule has 1 unspecified atom stereocenters. The summed E-state index contributed by atoms with van der Waals surface area (Å²) in [5.74, 6) is -0.905. The van der Waals surface area contributed by atoms with Gasteiger partial charge in [-0.15, -0.1) is 0 Å². The Labute approximate surface area is 137 Å². The topological polar surface area (TPSA) is 50.1 Å². The predicted molar refractivity (Wildman–Crippen MR) is 86.3 cm³/mol. The van der Waals surface area contributed by atoms with Crippen molar-refractivity contribution in [3.8, 4) is 0 Å². The maximum atomic E-state index is 12.4. The van der Waals surface area contributed by atoms with Gasteiger partial charge in [-0.1, -0.05) is 18.0 Å². The van der Waals surface area contributed by atoms with Crippen LogP contribution in [-0.2, 0) is 9.53 Å². The molecule has 5 heteroatoms. The van der Waals surface area contributed by atoms with E-state index >= 15 is 0 Å². The van der Waals surface area contributed by atoms with Crippen molar-refractivity contribution in [2.75, 3.05) is 0 Å². The molecule has 21 heavy (non-hydrogen) atoms. The first kappa shape index (κ1) is 15.0. The maximum absolute atomic E-state index is 12.4. The largest absolute Gasteiger partial charge is 0.452 e. The molecule has 112 valence electrons. The van der Waals surface area contributed by atoms with Gasteiger partial charge < -0.3 is 10.1 Å². The van der Waals surface area contributed by atoms with Gasteiger partial charge in [0.15, 0.2) is 5.60 Å². The van der Waals surface area contributed by atoms with E-state index in [1.165, 1.54) is 0 Å². The Hall–Kier alpha value is -0.870. The first-order valence-corrected chi connectivity index (χ1v) is 8.39. The highest BCUT2D eigenvalue weighted by Crippen LogP contribution is 2.44. The smallest absolute Gasteiger partial charge is 0.320 e. The SMILES string of the molecule is Cc1cc(Br)c(Cl)cc1C1C(=N)C2(CCCCC2)OC1=O. The summed E-state index contributed by atoms with van der Waals surface area (Å²) in [7, 11) is 0. The summed E-state index contributed by atoms with van der Waals surface area (Å²) in [6, 6.07) is 3.67. The van der Waals surface area contributed by atoms with E-state index in [0.717, 1.165) is 47.7 Å². The third-order valence-corrected chi connectivity index (χ3v) is 5.79. The molecule has 1 heterocycles. The first-order chi connectivity index (χ1) is 9.94. The molecule has 1 saturated carbocycles. The van der Waals surface area contributed by atoms with Crippen molar-refractivity contribution in [1.82, 2.24) is 0 Å². The molecule has 1 aromatic rings. The van der Waals surface area contributed by atoms with Crippen LogP contribution in [0.5, 0.6) is 0 Å². The summed E-state index contributed by atoms with van der Waals surface area (Å²) < 4.78 is 6.48. The zero-order chi connectivity index (χ0) is 15.2. The van der Waals surface area contributed by atoms with Gasteiger partial charge in [0.05, 0.1) is 10.7 Å². The second-order valence-electron chi connectivity index (χ2n) is 5.95. The summed E-state index contributed by atoms with van der Waals surface area (Å²) in [5.41, 5.74) is 1.49. The monoisotopic (exact) mass is 369 g/mol. The Kier molecular flexibility index (Phi) is 3.87. The summed E-state index contributed by atoms with van der Waals surface area (Å²) in [4.78, 5) is 12.4. The molecular formula is C16H17BrClNO2. The summed E-state index contributed by atoms with van der Waals surface area (Å²) in [5, 5.41) is 9.09. The highest BCUT2D eigenvalue weighted by atomic mass is 79.9. The Morgan fingerprint density at radius 3 is 2.67 bits per heavy atom. The van der Waals surface area contributed by atoms with Crippen LogP contribution in [0.25, 0.3) is 0 Å². The summed E-state index contributed by atoms with van der Waals surface area (Å²) in [6.07, 6.45) is 4.74. The highest BCUT2D eigenvalue weighted by molar-refractivity contribution is 9.10.